The van der Waals surface area contributed by atoms with Gasteiger partial charge >= 0.3 is 0 Å². The van der Waals surface area contributed by atoms with Gasteiger partial charge < -0.3 is 14.6 Å². The number of nitrogens with one attached hydrogen (secondary N) is 1. The molecule has 1 fully saturated rings. The lowest BCUT2D eigenvalue weighted by atomic mass is 9.95. The molecule has 31 heavy (non-hydrogen) atoms. The van der Waals surface area contributed by atoms with Gasteiger partial charge in [0, 0.05) is 31.0 Å². The highest BCUT2D eigenvalue weighted by Crippen LogP contribution is 2.23. The Balaban J connectivity index is 1.26. The van der Waals surface area contributed by atoms with Gasteiger partial charge in [-0.15, -0.1) is 0 Å². The Kier molecular flexibility index (Phi) is 5.12. The molecule has 2 amide bonds. The quantitative estimate of drug-likeness (QED) is 0.556. The van der Waals surface area contributed by atoms with Crippen LogP contribution in [0.4, 0.5) is 0 Å². The van der Waals surface area contributed by atoms with E-state index in [1.165, 1.54) is 0 Å². The van der Waals surface area contributed by atoms with Gasteiger partial charge in [-0.05, 0) is 41.8 Å². The molecule has 1 saturated heterocycles. The summed E-state index contributed by atoms with van der Waals surface area (Å²) in [5, 5.41) is 5.01. The molecule has 1 N–H and O–H groups in total. The average Bonchev–Trinajstić information content (AvgIpc) is 3.25. The van der Waals surface area contributed by atoms with Gasteiger partial charge in [0.1, 0.15) is 5.65 Å². The number of carbonyl (C=O) groups is 2. The summed E-state index contributed by atoms with van der Waals surface area (Å²) in [5.74, 6) is -0.230. The highest BCUT2D eigenvalue weighted by molar-refractivity contribution is 6.07. The number of imidazole rings is 1. The van der Waals surface area contributed by atoms with Crippen LogP contribution in [0, 0.1) is 5.92 Å². The minimum absolute atomic E-state index is 0.00495. The van der Waals surface area contributed by atoms with Crippen LogP contribution < -0.4 is 5.32 Å². The topological polar surface area (TPSA) is 66.7 Å². The average molecular weight is 412 g/mol. The first-order valence-corrected chi connectivity index (χ1v) is 10.7. The lowest BCUT2D eigenvalue weighted by Crippen LogP contribution is -2.45. The first-order valence-electron chi connectivity index (χ1n) is 10.7. The van der Waals surface area contributed by atoms with Gasteiger partial charge in [-0.1, -0.05) is 42.5 Å². The van der Waals surface area contributed by atoms with Crippen molar-refractivity contribution in [1.29, 1.82) is 0 Å². The van der Waals surface area contributed by atoms with E-state index in [1.54, 1.807) is 0 Å². The number of carbonyl (C=O) groups excluding carboxylic acids is 2. The second-order valence-electron chi connectivity index (χ2n) is 8.03. The third-order valence-electron chi connectivity index (χ3n) is 5.96. The summed E-state index contributed by atoms with van der Waals surface area (Å²) in [4.78, 5) is 32.4. The number of aromatic nitrogens is 2. The van der Waals surface area contributed by atoms with Crippen LogP contribution in [0.1, 0.15) is 28.9 Å². The van der Waals surface area contributed by atoms with Crippen molar-refractivity contribution in [3.05, 3.63) is 84.3 Å². The number of hydrogen-bond acceptors (Lipinski definition) is 3. The maximum atomic E-state index is 13.2. The number of rotatable bonds is 4. The lowest BCUT2D eigenvalue weighted by molar-refractivity contribution is -0.126. The molecule has 0 aliphatic carbocycles. The Morgan fingerprint density at radius 3 is 2.77 bits per heavy atom. The number of amides is 2. The Morgan fingerprint density at radius 2 is 1.87 bits per heavy atom. The maximum absolute atomic E-state index is 13.2. The molecular weight excluding hydrogens is 388 g/mol. The molecule has 2 aromatic heterocycles. The standard InChI is InChI=1S/C25H24N4O2/c30-24(26-15-20-17-28-13-4-3-12-23(28)27-20)19-9-6-14-29(16-19)25(31)22-11-5-8-18-7-1-2-10-21(18)22/h1-5,7-8,10-13,17,19H,6,9,14-16H2,(H,26,30)/t19-/m1/s1. The largest absolute Gasteiger partial charge is 0.350 e. The molecule has 1 aliphatic rings. The number of pyridine rings is 1. The van der Waals surface area contributed by atoms with Crippen LogP contribution in [0.5, 0.6) is 0 Å². The minimum atomic E-state index is -0.204. The Morgan fingerprint density at radius 1 is 1.03 bits per heavy atom. The molecule has 0 spiro atoms. The predicted molar refractivity (Wildman–Crippen MR) is 120 cm³/mol. The second kappa shape index (κ2) is 8.22. The van der Waals surface area contributed by atoms with E-state index >= 15 is 0 Å². The van der Waals surface area contributed by atoms with E-state index < -0.39 is 0 Å². The monoisotopic (exact) mass is 412 g/mol. The van der Waals surface area contributed by atoms with E-state index in [1.807, 2.05) is 82.4 Å². The zero-order valence-electron chi connectivity index (χ0n) is 17.2. The van der Waals surface area contributed by atoms with Gasteiger partial charge in [-0.3, -0.25) is 9.59 Å². The van der Waals surface area contributed by atoms with Crippen molar-refractivity contribution in [3.63, 3.8) is 0 Å². The number of likely N-dealkylation sites (tertiary alicyclic amines) is 1. The molecule has 0 radical (unpaired) electrons. The van der Waals surface area contributed by atoms with Crippen molar-refractivity contribution >= 4 is 28.2 Å². The molecule has 0 saturated carbocycles. The molecule has 156 valence electrons. The van der Waals surface area contributed by atoms with E-state index in [9.17, 15) is 9.59 Å². The number of fused-ring (bicyclic) bond motifs is 2. The fourth-order valence-corrected chi connectivity index (χ4v) is 4.35. The van der Waals surface area contributed by atoms with E-state index in [-0.39, 0.29) is 17.7 Å². The Hall–Kier alpha value is -3.67. The van der Waals surface area contributed by atoms with Crippen LogP contribution in [-0.2, 0) is 11.3 Å². The van der Waals surface area contributed by atoms with Crippen LogP contribution in [0.3, 0.4) is 0 Å². The normalized spacial score (nSPS) is 16.5. The maximum Gasteiger partial charge on any atom is 0.254 e. The van der Waals surface area contributed by atoms with Crippen LogP contribution in [0.25, 0.3) is 16.4 Å². The number of piperidine rings is 1. The van der Waals surface area contributed by atoms with Crippen molar-refractivity contribution in [2.45, 2.75) is 19.4 Å². The highest BCUT2D eigenvalue weighted by atomic mass is 16.2. The van der Waals surface area contributed by atoms with E-state index in [4.69, 9.17) is 0 Å². The number of nitrogens with zero attached hydrogens (tertiary/aromatic N) is 3. The molecule has 6 nitrogen and oxygen atoms in total. The summed E-state index contributed by atoms with van der Waals surface area (Å²) in [5.41, 5.74) is 2.37. The minimum Gasteiger partial charge on any atom is -0.350 e. The zero-order chi connectivity index (χ0) is 21.2. The van der Waals surface area contributed by atoms with Crippen LogP contribution >= 0.6 is 0 Å². The Labute approximate surface area is 180 Å². The number of benzene rings is 2. The van der Waals surface area contributed by atoms with Crippen LogP contribution in [0.15, 0.2) is 73.1 Å². The summed E-state index contributed by atoms with van der Waals surface area (Å²) >= 11 is 0. The van der Waals surface area contributed by atoms with Gasteiger partial charge in [0.05, 0.1) is 18.2 Å². The van der Waals surface area contributed by atoms with E-state index in [2.05, 4.69) is 10.3 Å². The SMILES string of the molecule is O=C(NCc1cn2ccccc2n1)[C@@H]1CCCN(C(=O)c2cccc3ccccc23)C1. The molecule has 4 aromatic rings. The summed E-state index contributed by atoms with van der Waals surface area (Å²) < 4.78 is 1.94. The highest BCUT2D eigenvalue weighted by Gasteiger charge is 2.29. The molecule has 0 bridgehead atoms. The third-order valence-corrected chi connectivity index (χ3v) is 5.96. The van der Waals surface area contributed by atoms with Gasteiger partial charge in [-0.25, -0.2) is 4.98 Å². The smallest absolute Gasteiger partial charge is 0.254 e. The van der Waals surface area contributed by atoms with Crippen LogP contribution in [-0.4, -0.2) is 39.2 Å². The Bertz CT molecular complexity index is 1220. The van der Waals surface area contributed by atoms with Crippen molar-refractivity contribution < 1.29 is 9.59 Å². The fraction of sp³-hybridized carbons (Fsp3) is 0.240. The zero-order valence-corrected chi connectivity index (χ0v) is 17.2. The van der Waals surface area contributed by atoms with Crippen molar-refractivity contribution in [1.82, 2.24) is 19.6 Å². The van der Waals surface area contributed by atoms with Gasteiger partial charge in [0.15, 0.2) is 0 Å². The molecule has 3 heterocycles. The van der Waals surface area contributed by atoms with E-state index in [0.29, 0.717) is 25.2 Å². The lowest BCUT2D eigenvalue weighted by Gasteiger charge is -2.32. The molecule has 0 unspecified atom stereocenters. The molecule has 6 heteroatoms. The van der Waals surface area contributed by atoms with E-state index in [0.717, 1.165) is 35.0 Å². The predicted octanol–water partition coefficient (Wildman–Crippen LogP) is 3.66. The van der Waals surface area contributed by atoms with Crippen molar-refractivity contribution in [2.75, 3.05) is 13.1 Å². The van der Waals surface area contributed by atoms with Gasteiger partial charge in [0.2, 0.25) is 5.91 Å². The second-order valence-corrected chi connectivity index (χ2v) is 8.03. The molecule has 1 atom stereocenters. The molecular formula is C25H24N4O2. The summed E-state index contributed by atoms with van der Waals surface area (Å²) in [6.07, 6.45) is 5.47. The number of hydrogen-bond donors (Lipinski definition) is 1. The van der Waals surface area contributed by atoms with Crippen LogP contribution in [0.2, 0.25) is 0 Å². The third kappa shape index (κ3) is 3.89. The van der Waals surface area contributed by atoms with Gasteiger partial charge in [0.25, 0.3) is 5.91 Å². The summed E-state index contributed by atoms with van der Waals surface area (Å²) in [7, 11) is 0. The van der Waals surface area contributed by atoms with Crippen molar-refractivity contribution in [2.24, 2.45) is 5.92 Å². The first kappa shape index (κ1) is 19.3. The molecule has 5 rings (SSSR count). The fourth-order valence-electron chi connectivity index (χ4n) is 4.35. The van der Waals surface area contributed by atoms with Gasteiger partial charge in [-0.2, -0.15) is 0 Å². The summed E-state index contributed by atoms with van der Waals surface area (Å²) in [6, 6.07) is 19.5. The first-order chi connectivity index (χ1) is 15.2. The molecule has 1 aliphatic heterocycles. The molecule has 2 aromatic carbocycles. The van der Waals surface area contributed by atoms with Crippen molar-refractivity contribution in [3.8, 4) is 0 Å². The summed E-state index contributed by atoms with van der Waals surface area (Å²) in [6.45, 7) is 1.51.